The fourth-order valence-electron chi connectivity index (χ4n) is 3.96. The highest BCUT2D eigenvalue weighted by molar-refractivity contribution is 6.07. The summed E-state index contributed by atoms with van der Waals surface area (Å²) in [6.45, 7) is 6.59. The number of hydrogen-bond acceptors (Lipinski definition) is 6. The maximum Gasteiger partial charge on any atom is 0.410 e. The van der Waals surface area contributed by atoms with Gasteiger partial charge in [-0.05, 0) is 69.5 Å². The number of likely N-dealkylation sites (tertiary alicyclic amines) is 1. The predicted molar refractivity (Wildman–Crippen MR) is 150 cm³/mol. The molecule has 1 fully saturated rings. The summed E-state index contributed by atoms with van der Waals surface area (Å²) in [5.74, 6) is 2.71. The van der Waals surface area contributed by atoms with Crippen LogP contribution in [0, 0.1) is 12.3 Å². The number of terminal acetylenes is 1. The van der Waals surface area contributed by atoms with E-state index in [2.05, 4.69) is 16.6 Å². The maximum absolute atomic E-state index is 13.1. The maximum atomic E-state index is 13.1. The van der Waals surface area contributed by atoms with E-state index in [0.717, 1.165) is 5.56 Å². The van der Waals surface area contributed by atoms with E-state index < -0.39 is 11.5 Å². The molecule has 206 valence electrons. The number of anilines is 1. The zero-order chi connectivity index (χ0) is 28.4. The predicted octanol–water partition coefficient (Wildman–Crippen LogP) is 4.49. The highest BCUT2D eigenvalue weighted by Gasteiger charge is 2.28. The van der Waals surface area contributed by atoms with Crippen LogP contribution in [0.1, 0.15) is 49.5 Å². The van der Waals surface area contributed by atoms with Gasteiger partial charge < -0.3 is 29.7 Å². The van der Waals surface area contributed by atoms with Gasteiger partial charge in [-0.15, -0.1) is 6.42 Å². The molecule has 1 saturated heterocycles. The van der Waals surface area contributed by atoms with E-state index in [1.165, 1.54) is 13.2 Å². The zero-order valence-corrected chi connectivity index (χ0v) is 22.8. The number of rotatable bonds is 8. The Hall–Kier alpha value is -4.45. The Morgan fingerprint density at radius 1 is 1.10 bits per heavy atom. The van der Waals surface area contributed by atoms with E-state index in [4.69, 9.17) is 20.6 Å². The second-order valence-corrected chi connectivity index (χ2v) is 9.99. The molecule has 0 bridgehead atoms. The van der Waals surface area contributed by atoms with Crippen LogP contribution in [0.15, 0.2) is 48.5 Å². The van der Waals surface area contributed by atoms with Crippen molar-refractivity contribution in [2.24, 2.45) is 0 Å². The van der Waals surface area contributed by atoms with Crippen LogP contribution >= 0.6 is 0 Å². The van der Waals surface area contributed by atoms with Crippen molar-refractivity contribution >= 4 is 29.7 Å². The molecule has 9 nitrogen and oxygen atoms in total. The molecular weight excluding hydrogens is 498 g/mol. The van der Waals surface area contributed by atoms with Gasteiger partial charge in [0.2, 0.25) is 5.91 Å². The molecule has 3 amide bonds. The number of nitrogens with one attached hydrogen (secondary N) is 2. The van der Waals surface area contributed by atoms with E-state index in [9.17, 15) is 14.4 Å². The fraction of sp³-hybridized carbons (Fsp3) is 0.367. The Kier molecular flexibility index (Phi) is 9.98. The number of methoxy groups -OCH3 is 1. The average Bonchev–Trinajstić information content (AvgIpc) is 2.90. The van der Waals surface area contributed by atoms with Gasteiger partial charge in [-0.3, -0.25) is 9.59 Å². The van der Waals surface area contributed by atoms with Crippen LogP contribution in [0.5, 0.6) is 11.5 Å². The Balaban J connectivity index is 1.58. The lowest BCUT2D eigenvalue weighted by Gasteiger charge is -2.33. The summed E-state index contributed by atoms with van der Waals surface area (Å²) < 4.78 is 16.2. The van der Waals surface area contributed by atoms with E-state index in [-0.39, 0.29) is 24.6 Å². The quantitative estimate of drug-likeness (QED) is 0.383. The standard InChI is InChI=1S/C30H35N3O6/c1-6-19-38-25-13-11-21(20-26(25)37-5)12-14-27(34)32-24-10-8-7-9-23(24)28(35)31-22-15-17-33(18-16-22)29(36)39-30(2,3)4/h1,7-14,20,22H,15-19H2,2-5H3,(H,31,35)(H,32,34)/b14-12+. The lowest BCUT2D eigenvalue weighted by atomic mass is 10.0. The van der Waals surface area contributed by atoms with Crippen molar-refractivity contribution in [1.29, 1.82) is 0 Å². The van der Waals surface area contributed by atoms with Gasteiger partial charge in [0.1, 0.15) is 12.2 Å². The SMILES string of the molecule is C#CCOc1ccc(/C=C/C(=O)Nc2ccccc2C(=O)NC2CCN(C(=O)OC(C)(C)C)CC2)cc1OC. The van der Waals surface area contributed by atoms with Crippen molar-refractivity contribution in [3.63, 3.8) is 0 Å². The molecule has 0 radical (unpaired) electrons. The highest BCUT2D eigenvalue weighted by atomic mass is 16.6. The number of hydrogen-bond donors (Lipinski definition) is 2. The van der Waals surface area contributed by atoms with Crippen molar-refractivity contribution in [2.75, 3.05) is 32.1 Å². The number of piperidine rings is 1. The lowest BCUT2D eigenvalue weighted by Crippen LogP contribution is -2.47. The molecular formula is C30H35N3O6. The van der Waals surface area contributed by atoms with Crippen molar-refractivity contribution in [3.05, 3.63) is 59.7 Å². The van der Waals surface area contributed by atoms with Crippen LogP contribution in [0.25, 0.3) is 6.08 Å². The first-order chi connectivity index (χ1) is 18.6. The fourth-order valence-corrected chi connectivity index (χ4v) is 3.96. The number of carbonyl (C=O) groups is 3. The minimum Gasteiger partial charge on any atom is -0.493 e. The van der Waals surface area contributed by atoms with Crippen LogP contribution in [-0.2, 0) is 9.53 Å². The molecule has 2 N–H and O–H groups in total. The summed E-state index contributed by atoms with van der Waals surface area (Å²) in [6, 6.07) is 11.9. The summed E-state index contributed by atoms with van der Waals surface area (Å²) in [4.78, 5) is 39.7. The van der Waals surface area contributed by atoms with Gasteiger partial charge in [0.05, 0.1) is 18.4 Å². The molecule has 0 aromatic heterocycles. The smallest absolute Gasteiger partial charge is 0.410 e. The van der Waals surface area contributed by atoms with Crippen molar-refractivity contribution < 1.29 is 28.6 Å². The Morgan fingerprint density at radius 3 is 2.49 bits per heavy atom. The van der Waals surface area contributed by atoms with Gasteiger partial charge >= 0.3 is 6.09 Å². The summed E-state index contributed by atoms with van der Waals surface area (Å²) in [7, 11) is 1.52. The number of ether oxygens (including phenoxy) is 3. The minimum absolute atomic E-state index is 0.0950. The summed E-state index contributed by atoms with van der Waals surface area (Å²) >= 11 is 0. The van der Waals surface area contributed by atoms with Crippen LogP contribution in [0.2, 0.25) is 0 Å². The Bertz CT molecular complexity index is 1250. The average molecular weight is 534 g/mol. The van der Waals surface area contributed by atoms with Gasteiger partial charge in [0, 0.05) is 25.2 Å². The van der Waals surface area contributed by atoms with Gasteiger partial charge in [-0.2, -0.15) is 0 Å². The minimum atomic E-state index is -0.555. The van der Waals surface area contributed by atoms with Gasteiger partial charge in [-0.25, -0.2) is 4.79 Å². The first-order valence-electron chi connectivity index (χ1n) is 12.7. The Labute approximate surface area is 229 Å². The molecule has 2 aromatic carbocycles. The molecule has 1 heterocycles. The molecule has 39 heavy (non-hydrogen) atoms. The molecule has 0 saturated carbocycles. The second kappa shape index (κ2) is 13.4. The van der Waals surface area contributed by atoms with E-state index >= 15 is 0 Å². The number of amides is 3. The third-order valence-electron chi connectivity index (χ3n) is 5.84. The van der Waals surface area contributed by atoms with Gasteiger partial charge in [0.25, 0.3) is 5.91 Å². The lowest BCUT2D eigenvalue weighted by molar-refractivity contribution is -0.111. The second-order valence-electron chi connectivity index (χ2n) is 9.99. The van der Waals surface area contributed by atoms with Crippen molar-refractivity contribution in [2.45, 2.75) is 45.3 Å². The number of para-hydroxylation sites is 1. The molecule has 2 aromatic rings. The van der Waals surface area contributed by atoms with Crippen LogP contribution in [0.4, 0.5) is 10.5 Å². The number of nitrogens with zero attached hydrogens (tertiary/aromatic N) is 1. The highest BCUT2D eigenvalue weighted by Crippen LogP contribution is 2.28. The topological polar surface area (TPSA) is 106 Å². The molecule has 0 atom stereocenters. The Morgan fingerprint density at radius 2 is 1.82 bits per heavy atom. The molecule has 0 aliphatic carbocycles. The van der Waals surface area contributed by atoms with E-state index in [0.29, 0.717) is 48.7 Å². The molecule has 1 aliphatic heterocycles. The first-order valence-corrected chi connectivity index (χ1v) is 12.7. The van der Waals surface area contributed by atoms with Crippen molar-refractivity contribution in [3.8, 4) is 23.8 Å². The molecule has 1 aliphatic rings. The van der Waals surface area contributed by atoms with Crippen LogP contribution in [0.3, 0.4) is 0 Å². The first kappa shape index (κ1) is 29.1. The zero-order valence-electron chi connectivity index (χ0n) is 22.8. The number of benzene rings is 2. The monoisotopic (exact) mass is 533 g/mol. The largest absolute Gasteiger partial charge is 0.493 e. The van der Waals surface area contributed by atoms with Gasteiger partial charge in [0.15, 0.2) is 11.5 Å². The molecule has 9 heteroatoms. The number of carbonyl (C=O) groups excluding carboxylic acids is 3. The van der Waals surface area contributed by atoms with Crippen molar-refractivity contribution in [1.82, 2.24) is 10.2 Å². The molecule has 0 unspecified atom stereocenters. The third kappa shape index (κ3) is 8.82. The van der Waals surface area contributed by atoms with Crippen LogP contribution < -0.4 is 20.1 Å². The normalized spacial score (nSPS) is 13.9. The van der Waals surface area contributed by atoms with Crippen LogP contribution in [-0.4, -0.2) is 61.3 Å². The van der Waals surface area contributed by atoms with E-state index in [1.54, 1.807) is 53.4 Å². The molecule has 0 spiro atoms. The van der Waals surface area contributed by atoms with Gasteiger partial charge in [-0.1, -0.05) is 24.1 Å². The molecule has 3 rings (SSSR count). The summed E-state index contributed by atoms with van der Waals surface area (Å²) in [5, 5.41) is 5.80. The third-order valence-corrected chi connectivity index (χ3v) is 5.84. The summed E-state index contributed by atoms with van der Waals surface area (Å²) in [5.41, 5.74) is 0.913. The van der Waals surface area contributed by atoms with E-state index in [1.807, 2.05) is 20.8 Å². The summed E-state index contributed by atoms with van der Waals surface area (Å²) in [6.07, 6.45) is 9.11.